The molecule has 11 heteroatoms. The minimum absolute atomic E-state index is 0.0894. The monoisotopic (exact) mass is 461 g/mol. The van der Waals surface area contributed by atoms with Crippen molar-refractivity contribution < 1.29 is 37.3 Å². The number of carbonyl (C=O) groups excluding carboxylic acids is 2. The van der Waals surface area contributed by atoms with Crippen LogP contribution in [0.1, 0.15) is 17.5 Å². The number of halogens is 4. The van der Waals surface area contributed by atoms with Crippen LogP contribution in [0.2, 0.25) is 5.02 Å². The van der Waals surface area contributed by atoms with E-state index in [1.165, 1.54) is 6.07 Å². The second kappa shape index (κ2) is 9.15. The molecular formula is C19H15ClF3NO5S. The quantitative estimate of drug-likeness (QED) is 0.670. The van der Waals surface area contributed by atoms with Crippen molar-refractivity contribution in [3.63, 3.8) is 0 Å². The molecule has 1 unspecified atom stereocenters. The van der Waals surface area contributed by atoms with Crippen LogP contribution in [0.4, 0.5) is 18.0 Å². The summed E-state index contributed by atoms with van der Waals surface area (Å²) in [7, 11) is 0. The van der Waals surface area contributed by atoms with E-state index in [0.29, 0.717) is 24.1 Å². The zero-order valence-corrected chi connectivity index (χ0v) is 16.7. The van der Waals surface area contributed by atoms with Crippen LogP contribution in [-0.2, 0) is 17.4 Å². The zero-order valence-electron chi connectivity index (χ0n) is 15.2. The lowest BCUT2D eigenvalue weighted by atomic mass is 10.1. The number of rotatable bonds is 2. The molecule has 0 saturated carbocycles. The van der Waals surface area contributed by atoms with E-state index >= 15 is 0 Å². The molecule has 2 aromatic carbocycles. The van der Waals surface area contributed by atoms with E-state index < -0.39 is 28.3 Å². The summed E-state index contributed by atoms with van der Waals surface area (Å²) in [5, 5.41) is 9.83. The predicted molar refractivity (Wildman–Crippen MR) is 104 cm³/mol. The number of alkyl halides is 3. The minimum atomic E-state index is -4.43. The molecular weight excluding hydrogens is 447 g/mol. The molecule has 1 fully saturated rings. The van der Waals surface area contributed by atoms with Crippen molar-refractivity contribution in [2.24, 2.45) is 0 Å². The molecule has 4 rings (SSSR count). The number of carbonyl (C=O) groups is 2. The van der Waals surface area contributed by atoms with Crippen molar-refractivity contribution in [3.05, 3.63) is 52.5 Å². The Bertz CT molecular complexity index is 970. The Morgan fingerprint density at radius 3 is 2.53 bits per heavy atom. The van der Waals surface area contributed by atoms with E-state index in [2.05, 4.69) is 0 Å². The highest BCUT2D eigenvalue weighted by atomic mass is 35.5. The van der Waals surface area contributed by atoms with Crippen LogP contribution in [0, 0.1) is 0 Å². The summed E-state index contributed by atoms with van der Waals surface area (Å²) in [5.74, 6) is 0.763. The Kier molecular flexibility index (Phi) is 6.79. The molecule has 2 amide bonds. The van der Waals surface area contributed by atoms with E-state index in [4.69, 9.17) is 26.2 Å². The Labute approximate surface area is 178 Å². The topological polar surface area (TPSA) is 84.9 Å². The number of amides is 2. The lowest BCUT2D eigenvalue weighted by Gasteiger charge is -2.18. The first kappa shape index (κ1) is 22.3. The summed E-state index contributed by atoms with van der Waals surface area (Å²) in [6.45, 7) is 0.650. The Hall–Kier alpha value is -2.43. The first-order valence-electron chi connectivity index (χ1n) is 8.63. The van der Waals surface area contributed by atoms with Crippen molar-refractivity contribution in [1.82, 2.24) is 5.32 Å². The summed E-state index contributed by atoms with van der Waals surface area (Å²) in [4.78, 5) is 20.3. The third kappa shape index (κ3) is 5.59. The van der Waals surface area contributed by atoms with Crippen LogP contribution in [0.25, 0.3) is 0 Å². The molecule has 0 aromatic heterocycles. The second-order valence-corrected chi connectivity index (χ2v) is 7.67. The first-order valence-corrected chi connectivity index (χ1v) is 9.89. The van der Waals surface area contributed by atoms with E-state index in [0.717, 1.165) is 36.3 Å². The molecule has 30 heavy (non-hydrogen) atoms. The van der Waals surface area contributed by atoms with Crippen LogP contribution >= 0.6 is 23.4 Å². The van der Waals surface area contributed by atoms with Gasteiger partial charge in [0.15, 0.2) is 5.44 Å². The molecule has 2 N–H and O–H groups in total. The van der Waals surface area contributed by atoms with E-state index in [1.807, 2.05) is 11.4 Å². The number of aliphatic hydroxyl groups is 1. The van der Waals surface area contributed by atoms with E-state index in [1.54, 1.807) is 12.1 Å². The van der Waals surface area contributed by atoms with Crippen LogP contribution in [0.15, 0.2) is 36.4 Å². The van der Waals surface area contributed by atoms with Gasteiger partial charge in [0.25, 0.3) is 11.1 Å². The first-order chi connectivity index (χ1) is 14.1. The van der Waals surface area contributed by atoms with Gasteiger partial charge in [-0.25, -0.2) is 0 Å². The van der Waals surface area contributed by atoms with Gasteiger partial charge in [0, 0.05) is 6.07 Å². The maximum atomic E-state index is 12.6. The van der Waals surface area contributed by atoms with Crippen molar-refractivity contribution in [1.29, 1.82) is 0 Å². The molecule has 0 spiro atoms. The lowest BCUT2D eigenvalue weighted by molar-refractivity contribution is -0.137. The number of aryl methyl sites for hydroxylation is 1. The normalized spacial score (nSPS) is 18.0. The molecule has 2 aliphatic rings. The number of hydrogen-bond donors (Lipinski definition) is 2. The van der Waals surface area contributed by atoms with Gasteiger partial charge in [0.1, 0.15) is 17.2 Å². The molecule has 2 heterocycles. The molecule has 1 atom stereocenters. The fraction of sp³-hybridized carbons (Fsp3) is 0.263. The van der Waals surface area contributed by atoms with Gasteiger partial charge in [0.2, 0.25) is 0 Å². The van der Waals surface area contributed by atoms with Crippen molar-refractivity contribution in [2.45, 2.75) is 24.5 Å². The number of aliphatic hydroxyl groups excluding tert-OH is 1. The zero-order chi connectivity index (χ0) is 21.9. The van der Waals surface area contributed by atoms with Crippen LogP contribution in [0.3, 0.4) is 0 Å². The standard InChI is InChI=1S/C16H12ClF3O2.C3H3NO3S/c17-13-8-11(16(18,19)20)4-6-14(13)22-12-5-3-10-2-1-7-21-15(10)9-12;5-1-2(6)8-3(7)4-1/h3-6,8-9H,1-2,7H2;2,6H,(H,4,5,7). The predicted octanol–water partition coefficient (Wildman–Crippen LogP) is 4.76. The minimum Gasteiger partial charge on any atom is -0.493 e. The van der Waals surface area contributed by atoms with Crippen molar-refractivity contribution in [3.8, 4) is 17.2 Å². The Morgan fingerprint density at radius 2 is 1.97 bits per heavy atom. The molecule has 2 aromatic rings. The highest BCUT2D eigenvalue weighted by molar-refractivity contribution is 8.15. The third-order valence-corrected chi connectivity index (χ3v) is 5.09. The van der Waals surface area contributed by atoms with Crippen LogP contribution in [-0.4, -0.2) is 28.3 Å². The van der Waals surface area contributed by atoms with E-state index in [-0.39, 0.29) is 10.8 Å². The Morgan fingerprint density at radius 1 is 1.20 bits per heavy atom. The van der Waals surface area contributed by atoms with Gasteiger partial charge in [-0.15, -0.1) is 0 Å². The van der Waals surface area contributed by atoms with Gasteiger partial charge >= 0.3 is 6.18 Å². The van der Waals surface area contributed by atoms with E-state index in [9.17, 15) is 22.8 Å². The maximum absolute atomic E-state index is 12.6. The van der Waals surface area contributed by atoms with Gasteiger partial charge < -0.3 is 14.6 Å². The molecule has 0 bridgehead atoms. The largest absolute Gasteiger partial charge is 0.493 e. The SMILES string of the molecule is FC(F)(F)c1ccc(Oc2ccc3c(c2)OCCC3)c(Cl)c1.O=C1NC(=O)C(O)S1. The average Bonchev–Trinajstić information content (AvgIpc) is 2.98. The molecule has 0 radical (unpaired) electrons. The number of fused-ring (bicyclic) bond motifs is 1. The lowest BCUT2D eigenvalue weighted by Crippen LogP contribution is -2.23. The summed E-state index contributed by atoms with van der Waals surface area (Å²) >= 11 is 6.46. The second-order valence-electron chi connectivity index (χ2n) is 6.21. The van der Waals surface area contributed by atoms with Gasteiger partial charge in [-0.05, 0) is 54.4 Å². The van der Waals surface area contributed by atoms with Crippen LogP contribution in [0.5, 0.6) is 17.2 Å². The number of ether oxygens (including phenoxy) is 2. The van der Waals surface area contributed by atoms with Gasteiger partial charge in [-0.3, -0.25) is 14.9 Å². The molecule has 2 aliphatic heterocycles. The van der Waals surface area contributed by atoms with Crippen molar-refractivity contribution >= 4 is 34.5 Å². The fourth-order valence-corrected chi connectivity index (χ4v) is 3.36. The number of hydrogen-bond acceptors (Lipinski definition) is 6. The van der Waals surface area contributed by atoms with Gasteiger partial charge in [-0.1, -0.05) is 17.7 Å². The molecule has 0 aliphatic carbocycles. The number of nitrogens with one attached hydrogen (secondary N) is 1. The molecule has 1 saturated heterocycles. The van der Waals surface area contributed by atoms with Gasteiger partial charge in [-0.2, -0.15) is 13.2 Å². The summed E-state index contributed by atoms with van der Waals surface area (Å²) in [6.07, 6.45) is -2.52. The highest BCUT2D eigenvalue weighted by Crippen LogP contribution is 2.37. The summed E-state index contributed by atoms with van der Waals surface area (Å²) in [5.41, 5.74) is -0.904. The third-order valence-electron chi connectivity index (χ3n) is 4.04. The summed E-state index contributed by atoms with van der Waals surface area (Å²) in [6, 6.07) is 8.37. The molecule has 6 nitrogen and oxygen atoms in total. The number of thioether (sulfide) groups is 1. The fourth-order valence-electron chi connectivity index (χ4n) is 2.62. The van der Waals surface area contributed by atoms with Crippen LogP contribution < -0.4 is 14.8 Å². The highest BCUT2D eigenvalue weighted by Gasteiger charge is 2.31. The van der Waals surface area contributed by atoms with Crippen molar-refractivity contribution in [2.75, 3.05) is 6.61 Å². The Balaban J connectivity index is 0.000000269. The maximum Gasteiger partial charge on any atom is 0.416 e. The number of benzene rings is 2. The average molecular weight is 462 g/mol. The number of imide groups is 1. The smallest absolute Gasteiger partial charge is 0.416 e. The van der Waals surface area contributed by atoms with Gasteiger partial charge in [0.05, 0.1) is 17.2 Å². The molecule has 160 valence electrons. The summed E-state index contributed by atoms with van der Waals surface area (Å²) < 4.78 is 48.9.